The van der Waals surface area contributed by atoms with E-state index in [1.807, 2.05) is 92.7 Å². The molecule has 8 heterocycles. The second kappa shape index (κ2) is 26.0. The summed E-state index contributed by atoms with van der Waals surface area (Å²) in [6.07, 6.45) is 2.13. The Morgan fingerprint density at radius 2 is 1.14 bits per heavy atom. The normalized spacial score (nSPS) is 15.7. The Hall–Kier alpha value is -7.53. The van der Waals surface area contributed by atoms with E-state index in [9.17, 15) is 18.4 Å². The summed E-state index contributed by atoms with van der Waals surface area (Å²) < 4.78 is 50.1. The summed E-state index contributed by atoms with van der Waals surface area (Å²) in [5.74, 6) is 2.81. The smallest absolute Gasteiger partial charge is 0.274 e. The van der Waals surface area contributed by atoms with Crippen molar-refractivity contribution in [1.82, 2.24) is 39.7 Å². The highest BCUT2D eigenvalue weighted by Crippen LogP contribution is 2.36. The lowest BCUT2D eigenvalue weighted by Gasteiger charge is -2.17. The van der Waals surface area contributed by atoms with E-state index < -0.39 is 12.3 Å². The van der Waals surface area contributed by atoms with Crippen LogP contribution in [0.15, 0.2) is 97.3 Å². The van der Waals surface area contributed by atoms with Crippen LogP contribution in [0.2, 0.25) is 4.34 Å². The fourth-order valence-corrected chi connectivity index (χ4v) is 10.5. The number of amides is 2. The molecular formula is C54H59ClF2N12O6S2. The first-order chi connectivity index (χ1) is 37.3. The molecular weight excluding hydrogens is 1050 g/mol. The maximum atomic E-state index is 13.9. The predicted octanol–water partition coefficient (Wildman–Crippen LogP) is 10.3. The predicted molar refractivity (Wildman–Crippen MR) is 298 cm³/mol. The Bertz CT molecular complexity index is 3290. The number of halogens is 3. The zero-order valence-corrected chi connectivity index (χ0v) is 45.6. The number of methoxy groups -OCH3 is 4. The Labute approximate surface area is 457 Å². The summed E-state index contributed by atoms with van der Waals surface area (Å²) in [5.41, 5.74) is 10.9. The minimum absolute atomic E-state index is 0.0766. The van der Waals surface area contributed by atoms with E-state index in [1.165, 1.54) is 32.5 Å². The molecule has 0 radical (unpaired) electrons. The van der Waals surface area contributed by atoms with Crippen molar-refractivity contribution < 1.29 is 37.3 Å². The fraction of sp³-hybridized carbons (Fsp3) is 0.333. The summed E-state index contributed by atoms with van der Waals surface area (Å²) in [5, 5.41) is 10.7. The molecule has 2 aliphatic rings. The molecule has 2 fully saturated rings. The number of likely N-dealkylation sites (tertiary alicyclic amines) is 2. The molecule has 404 valence electrons. The summed E-state index contributed by atoms with van der Waals surface area (Å²) in [6.45, 7) is 5.86. The van der Waals surface area contributed by atoms with Gasteiger partial charge < -0.3 is 50.4 Å². The molecule has 10 rings (SSSR count). The highest BCUT2D eigenvalue weighted by molar-refractivity contribution is 7.23. The van der Waals surface area contributed by atoms with Crippen LogP contribution < -0.4 is 40.6 Å². The van der Waals surface area contributed by atoms with Crippen LogP contribution in [0.4, 0.5) is 25.7 Å². The third-order valence-electron chi connectivity index (χ3n) is 12.5. The average Bonchev–Trinajstić information content (AvgIpc) is 4.29. The van der Waals surface area contributed by atoms with Gasteiger partial charge in [0.15, 0.2) is 34.4 Å². The van der Waals surface area contributed by atoms with E-state index in [2.05, 4.69) is 40.9 Å². The fourth-order valence-electron chi connectivity index (χ4n) is 8.43. The van der Waals surface area contributed by atoms with Crippen LogP contribution in [0, 0.1) is 0 Å². The number of thiophene rings is 2. The lowest BCUT2D eigenvalue weighted by molar-refractivity contribution is 0.0772. The summed E-state index contributed by atoms with van der Waals surface area (Å²) in [4.78, 5) is 56.3. The van der Waals surface area contributed by atoms with Crippen molar-refractivity contribution in [1.29, 1.82) is 0 Å². The number of alkyl halides is 2. The number of rotatable bonds is 16. The van der Waals surface area contributed by atoms with E-state index >= 15 is 0 Å². The monoisotopic (exact) mass is 1110 g/mol. The topological polar surface area (TPSA) is 217 Å². The molecule has 4 atom stereocenters. The molecule has 0 aliphatic carbocycles. The van der Waals surface area contributed by atoms with Gasteiger partial charge in [-0.1, -0.05) is 35.9 Å². The zero-order valence-electron chi connectivity index (χ0n) is 43.3. The van der Waals surface area contributed by atoms with Gasteiger partial charge in [0.2, 0.25) is 11.9 Å². The second-order valence-corrected chi connectivity index (χ2v) is 20.6. The molecule has 77 heavy (non-hydrogen) atoms. The van der Waals surface area contributed by atoms with E-state index in [-0.39, 0.29) is 48.4 Å². The second-order valence-electron chi connectivity index (χ2n) is 17.8. The number of carbonyl (C=O) groups excluding carboxylic acids is 2. The number of ether oxygens (including phenoxy) is 4. The number of carbonyl (C=O) groups is 2. The van der Waals surface area contributed by atoms with Crippen LogP contribution in [0.25, 0.3) is 20.4 Å². The molecule has 0 saturated carbocycles. The number of nitrogens with one attached hydrogen (secondary N) is 3. The number of aromatic nitrogens is 6. The van der Waals surface area contributed by atoms with Crippen LogP contribution in [-0.4, -0.2) is 118 Å². The van der Waals surface area contributed by atoms with Gasteiger partial charge in [-0.25, -0.2) is 28.7 Å². The van der Waals surface area contributed by atoms with E-state index in [1.54, 1.807) is 46.9 Å². The summed E-state index contributed by atoms with van der Waals surface area (Å²) >= 11 is 8.78. The van der Waals surface area contributed by atoms with Crippen LogP contribution in [0.1, 0.15) is 82.3 Å². The van der Waals surface area contributed by atoms with Crippen molar-refractivity contribution in [2.45, 2.75) is 64.2 Å². The first kappa shape index (κ1) is 55.7. The largest absolute Gasteiger partial charge is 0.493 e. The Kier molecular flexibility index (Phi) is 18.8. The Morgan fingerprint density at radius 3 is 1.60 bits per heavy atom. The van der Waals surface area contributed by atoms with Gasteiger partial charge in [-0.3, -0.25) is 19.6 Å². The average molecular weight is 1110 g/mol. The molecule has 8 aromatic rings. The van der Waals surface area contributed by atoms with Crippen molar-refractivity contribution in [2.75, 3.05) is 70.6 Å². The first-order valence-corrected chi connectivity index (χ1v) is 26.6. The molecule has 0 unspecified atom stereocenters. The van der Waals surface area contributed by atoms with Crippen LogP contribution in [-0.2, 0) is 13.1 Å². The van der Waals surface area contributed by atoms with Gasteiger partial charge >= 0.3 is 0 Å². The number of hydrogen-bond acceptors (Lipinski definition) is 18. The molecule has 2 amide bonds. The van der Waals surface area contributed by atoms with Crippen LogP contribution >= 0.6 is 34.3 Å². The Balaban J connectivity index is 0.000000174. The van der Waals surface area contributed by atoms with Gasteiger partial charge in [0.1, 0.15) is 12.3 Å². The van der Waals surface area contributed by atoms with Crippen molar-refractivity contribution in [2.24, 2.45) is 5.73 Å². The zero-order chi connectivity index (χ0) is 54.6. The van der Waals surface area contributed by atoms with Crippen LogP contribution in [0.3, 0.4) is 0 Å². The minimum atomic E-state index is -1.01. The number of benzene rings is 2. The molecule has 0 spiro atoms. The van der Waals surface area contributed by atoms with Gasteiger partial charge in [-0.15, -0.1) is 22.7 Å². The SMILES string of the molecule is COc1ccc(CN)cc1OC.COc1ccc(CNc2cc3nc(N[C@@H](C)c4ccccn4)nc(C(=O)N4CC[C@@H](F)C4)c3s2)cc1OC.C[C@H](Nc1nc(C(=O)N2CC[C@@H](F)C2)c2sc(Cl)cc2n1)c1ccccn1. The number of nitrogens with two attached hydrogens (primary N) is 1. The number of hydrogen-bond donors (Lipinski definition) is 4. The highest BCUT2D eigenvalue weighted by atomic mass is 35.5. The van der Waals surface area contributed by atoms with Crippen molar-refractivity contribution >= 4 is 83.4 Å². The summed E-state index contributed by atoms with van der Waals surface area (Å²) in [6, 6.07) is 26.0. The summed E-state index contributed by atoms with van der Waals surface area (Å²) in [7, 11) is 6.42. The third-order valence-corrected chi connectivity index (χ3v) is 14.9. The van der Waals surface area contributed by atoms with Crippen molar-refractivity contribution in [3.63, 3.8) is 0 Å². The first-order valence-electron chi connectivity index (χ1n) is 24.6. The molecule has 18 nitrogen and oxygen atoms in total. The maximum Gasteiger partial charge on any atom is 0.274 e. The van der Waals surface area contributed by atoms with Gasteiger partial charge in [-0.2, -0.15) is 0 Å². The maximum absolute atomic E-state index is 13.9. The number of anilines is 3. The van der Waals surface area contributed by atoms with Gasteiger partial charge in [-0.05, 0) is 98.5 Å². The highest BCUT2D eigenvalue weighted by Gasteiger charge is 2.31. The van der Waals surface area contributed by atoms with E-state index in [4.69, 9.17) is 41.3 Å². The molecule has 0 bridgehead atoms. The van der Waals surface area contributed by atoms with Gasteiger partial charge in [0.25, 0.3) is 11.8 Å². The minimum Gasteiger partial charge on any atom is -0.493 e. The molecule has 2 aromatic carbocycles. The molecule has 23 heteroatoms. The lowest BCUT2D eigenvalue weighted by Crippen LogP contribution is -2.30. The quantitative estimate of drug-likeness (QED) is 0.0707. The standard InChI is InChI=1S/C27H29FN6O3S.C18H17ClFN5OS.C9H13NO2/c1-16(19-6-4-5-10-29-19)31-27-32-20-13-23(30-14-17-7-8-21(36-2)22(12-17)37-3)38-25(20)24(33-27)26(35)34-11-9-18(28)15-34;1-10(12-4-2-3-6-21-12)22-18-23-13-8-14(19)27-16(13)15(24-18)17(26)25-7-5-11(20)9-25;1-11-8-4-3-7(6-10)5-9(8)12-2/h4-8,10,12-13,16,18,30H,9,11,14-15H2,1-3H3,(H,31,32,33);2-4,6,8,10-11H,5,7,9H2,1H3,(H,22,23,24);3-5H,6,10H2,1-2H3/t16-,18+;10-,11+;/m00./s1. The number of nitrogens with zero attached hydrogens (tertiary/aromatic N) is 8. The molecule has 6 aromatic heterocycles. The third kappa shape index (κ3) is 13.9. The van der Waals surface area contributed by atoms with Crippen LogP contribution in [0.5, 0.6) is 23.0 Å². The lowest BCUT2D eigenvalue weighted by atomic mass is 10.2. The van der Waals surface area contributed by atoms with Gasteiger partial charge in [0, 0.05) is 38.6 Å². The molecule has 2 saturated heterocycles. The number of pyridine rings is 2. The number of fused-ring (bicyclic) bond motifs is 2. The molecule has 5 N–H and O–H groups in total. The van der Waals surface area contributed by atoms with Crippen molar-refractivity contribution in [3.8, 4) is 23.0 Å². The van der Waals surface area contributed by atoms with Crippen molar-refractivity contribution in [3.05, 3.63) is 136 Å². The Morgan fingerprint density at radius 1 is 0.662 bits per heavy atom. The van der Waals surface area contributed by atoms with E-state index in [0.717, 1.165) is 39.0 Å². The van der Waals surface area contributed by atoms with Gasteiger partial charge in [0.05, 0.1) is 94.8 Å². The molecule has 2 aliphatic heterocycles. The van der Waals surface area contributed by atoms with E-state index in [0.29, 0.717) is 87.2 Å².